The van der Waals surface area contributed by atoms with Crippen molar-refractivity contribution in [2.45, 2.75) is 18.5 Å². The topological polar surface area (TPSA) is 50.8 Å². The Morgan fingerprint density at radius 1 is 1.16 bits per heavy atom. The van der Waals surface area contributed by atoms with Gasteiger partial charge in [0.05, 0.1) is 11.8 Å². The highest BCUT2D eigenvalue weighted by Gasteiger charge is 2.37. The molecule has 164 valence electrons. The Kier molecular flexibility index (Phi) is 4.97. The lowest BCUT2D eigenvalue weighted by molar-refractivity contribution is -0.136. The number of aromatic nitrogens is 2. The SMILES string of the molecule is O=C(c1nc2c(C(F)(F)F)cc(-c3ccco3)cn2c1Cl)N1CCC(c2ccccc2)C1. The van der Waals surface area contributed by atoms with E-state index >= 15 is 0 Å². The number of carbonyl (C=O) groups is 1. The van der Waals surface area contributed by atoms with Gasteiger partial charge < -0.3 is 9.32 Å². The van der Waals surface area contributed by atoms with Gasteiger partial charge in [-0.1, -0.05) is 41.9 Å². The number of hydrogen-bond donors (Lipinski definition) is 0. The Morgan fingerprint density at radius 2 is 1.94 bits per heavy atom. The molecule has 0 bridgehead atoms. The summed E-state index contributed by atoms with van der Waals surface area (Å²) in [7, 11) is 0. The zero-order valence-corrected chi connectivity index (χ0v) is 17.4. The van der Waals surface area contributed by atoms with Gasteiger partial charge in [0.2, 0.25) is 0 Å². The van der Waals surface area contributed by atoms with E-state index in [0.29, 0.717) is 13.1 Å². The quantitative estimate of drug-likeness (QED) is 0.383. The minimum atomic E-state index is -4.69. The van der Waals surface area contributed by atoms with E-state index in [1.54, 1.807) is 17.0 Å². The van der Waals surface area contributed by atoms with E-state index in [0.717, 1.165) is 22.5 Å². The molecule has 5 nitrogen and oxygen atoms in total. The third-order valence-corrected chi connectivity index (χ3v) is 6.08. The number of likely N-dealkylation sites (tertiary alicyclic amines) is 1. The second-order valence-corrected chi connectivity index (χ2v) is 8.07. The van der Waals surface area contributed by atoms with Gasteiger partial charge in [-0.15, -0.1) is 0 Å². The lowest BCUT2D eigenvalue weighted by Gasteiger charge is -2.15. The molecule has 4 heterocycles. The molecule has 5 rings (SSSR count). The molecule has 0 spiro atoms. The first kappa shape index (κ1) is 20.6. The number of amides is 1. The van der Waals surface area contributed by atoms with Gasteiger partial charge in [-0.05, 0) is 30.2 Å². The van der Waals surface area contributed by atoms with Gasteiger partial charge >= 0.3 is 6.18 Å². The highest BCUT2D eigenvalue weighted by molar-refractivity contribution is 6.33. The van der Waals surface area contributed by atoms with Crippen LogP contribution in [0.2, 0.25) is 5.15 Å². The Morgan fingerprint density at radius 3 is 2.62 bits per heavy atom. The fraction of sp³-hybridized carbons (Fsp3) is 0.217. The van der Waals surface area contributed by atoms with Gasteiger partial charge in [-0.3, -0.25) is 9.20 Å². The zero-order valence-electron chi connectivity index (χ0n) is 16.6. The summed E-state index contributed by atoms with van der Waals surface area (Å²) in [4.78, 5) is 18.8. The van der Waals surface area contributed by atoms with Crippen molar-refractivity contribution in [2.24, 2.45) is 0 Å². The summed E-state index contributed by atoms with van der Waals surface area (Å²) in [5.41, 5.74) is -0.303. The maximum absolute atomic E-state index is 13.8. The lowest BCUT2D eigenvalue weighted by atomic mass is 9.99. The molecule has 1 saturated heterocycles. The Bertz CT molecular complexity index is 1280. The van der Waals surface area contributed by atoms with Crippen LogP contribution in [0.1, 0.15) is 34.0 Å². The standard InChI is InChI=1S/C23H17ClF3N3O2/c24-20-19(22(31)29-9-8-15(12-29)14-5-2-1-3-6-14)28-21-17(23(25,26)27)11-16(13-30(20)21)18-7-4-10-32-18/h1-7,10-11,13,15H,8-9,12H2. The van der Waals surface area contributed by atoms with Crippen molar-refractivity contribution < 1.29 is 22.4 Å². The van der Waals surface area contributed by atoms with E-state index in [9.17, 15) is 18.0 Å². The molecule has 0 N–H and O–H groups in total. The Hall–Kier alpha value is -3.26. The monoisotopic (exact) mass is 459 g/mol. The number of benzene rings is 1. The van der Waals surface area contributed by atoms with E-state index in [1.807, 2.05) is 30.3 Å². The summed E-state index contributed by atoms with van der Waals surface area (Å²) in [6.07, 6.45) is -1.16. The molecule has 1 amide bonds. The van der Waals surface area contributed by atoms with Crippen LogP contribution >= 0.6 is 11.6 Å². The van der Waals surface area contributed by atoms with Crippen molar-refractivity contribution in [3.8, 4) is 11.3 Å². The van der Waals surface area contributed by atoms with Crippen LogP contribution in [0.15, 0.2) is 65.4 Å². The minimum absolute atomic E-state index is 0.159. The molecule has 1 aliphatic heterocycles. The van der Waals surface area contributed by atoms with E-state index in [2.05, 4.69) is 4.98 Å². The summed E-state index contributed by atoms with van der Waals surface area (Å²) < 4.78 is 47.7. The Balaban J connectivity index is 1.54. The lowest BCUT2D eigenvalue weighted by Crippen LogP contribution is -2.29. The summed E-state index contributed by atoms with van der Waals surface area (Å²) in [5, 5.41) is -0.160. The second-order valence-electron chi connectivity index (χ2n) is 7.71. The van der Waals surface area contributed by atoms with Crippen LogP contribution in [0.4, 0.5) is 13.2 Å². The number of imidazole rings is 1. The fourth-order valence-corrected chi connectivity index (χ4v) is 4.38. The minimum Gasteiger partial charge on any atom is -0.464 e. The van der Waals surface area contributed by atoms with Gasteiger partial charge in [0.15, 0.2) is 11.3 Å². The molecular weight excluding hydrogens is 443 g/mol. The molecule has 3 aromatic heterocycles. The second kappa shape index (κ2) is 7.70. The van der Waals surface area contributed by atoms with Crippen molar-refractivity contribution in [2.75, 3.05) is 13.1 Å². The van der Waals surface area contributed by atoms with Crippen molar-refractivity contribution in [3.05, 3.63) is 83.0 Å². The predicted molar refractivity (Wildman–Crippen MR) is 113 cm³/mol. The van der Waals surface area contributed by atoms with Crippen molar-refractivity contribution >= 4 is 23.2 Å². The molecule has 9 heteroatoms. The molecule has 1 unspecified atom stereocenters. The first-order chi connectivity index (χ1) is 15.3. The van der Waals surface area contributed by atoms with Crippen LogP contribution in [0.5, 0.6) is 0 Å². The highest BCUT2D eigenvalue weighted by atomic mass is 35.5. The van der Waals surface area contributed by atoms with Gasteiger partial charge in [0.1, 0.15) is 10.9 Å². The Labute approximate surface area is 186 Å². The molecule has 1 fully saturated rings. The van der Waals surface area contributed by atoms with Gasteiger partial charge in [0, 0.05) is 30.8 Å². The van der Waals surface area contributed by atoms with Crippen molar-refractivity contribution in [1.29, 1.82) is 0 Å². The summed E-state index contributed by atoms with van der Waals surface area (Å²) in [5.74, 6) is -0.0719. The third kappa shape index (κ3) is 3.54. The smallest absolute Gasteiger partial charge is 0.420 e. The molecule has 0 saturated carbocycles. The number of alkyl halides is 3. The number of hydrogen-bond acceptors (Lipinski definition) is 3. The average Bonchev–Trinajstić information content (AvgIpc) is 3.53. The summed E-state index contributed by atoms with van der Waals surface area (Å²) in [6, 6.07) is 13.9. The maximum atomic E-state index is 13.8. The number of nitrogens with zero attached hydrogens (tertiary/aromatic N) is 3. The normalized spacial score (nSPS) is 16.8. The maximum Gasteiger partial charge on any atom is 0.420 e. The number of fused-ring (bicyclic) bond motifs is 1. The van der Waals surface area contributed by atoms with Crippen molar-refractivity contribution in [3.63, 3.8) is 0 Å². The fourth-order valence-electron chi connectivity index (χ4n) is 4.13. The van der Waals surface area contributed by atoms with Crippen molar-refractivity contribution in [1.82, 2.24) is 14.3 Å². The van der Waals surface area contributed by atoms with E-state index in [-0.39, 0.29) is 28.1 Å². The van der Waals surface area contributed by atoms with E-state index < -0.39 is 23.3 Å². The zero-order chi connectivity index (χ0) is 22.5. The van der Waals surface area contributed by atoms with Gasteiger partial charge in [-0.25, -0.2) is 4.98 Å². The highest BCUT2D eigenvalue weighted by Crippen LogP contribution is 2.37. The molecule has 4 aromatic rings. The van der Waals surface area contributed by atoms with E-state index in [1.165, 1.54) is 12.5 Å². The average molecular weight is 460 g/mol. The molecule has 0 aliphatic carbocycles. The van der Waals surface area contributed by atoms with Crippen LogP contribution in [-0.4, -0.2) is 33.3 Å². The van der Waals surface area contributed by atoms with Gasteiger partial charge in [-0.2, -0.15) is 13.2 Å². The predicted octanol–water partition coefficient (Wildman–Crippen LogP) is 5.90. The first-order valence-corrected chi connectivity index (χ1v) is 10.4. The third-order valence-electron chi connectivity index (χ3n) is 5.72. The molecule has 0 radical (unpaired) electrons. The van der Waals surface area contributed by atoms with Crippen LogP contribution in [0.3, 0.4) is 0 Å². The molecule has 1 aliphatic rings. The van der Waals surface area contributed by atoms with Gasteiger partial charge in [0.25, 0.3) is 5.91 Å². The molecule has 32 heavy (non-hydrogen) atoms. The number of halogens is 4. The first-order valence-electron chi connectivity index (χ1n) is 10.00. The van der Waals surface area contributed by atoms with Crippen LogP contribution in [-0.2, 0) is 6.18 Å². The number of pyridine rings is 1. The molecule has 1 aromatic carbocycles. The number of rotatable bonds is 3. The van der Waals surface area contributed by atoms with E-state index in [4.69, 9.17) is 16.0 Å². The summed E-state index contributed by atoms with van der Waals surface area (Å²) >= 11 is 6.39. The summed E-state index contributed by atoms with van der Waals surface area (Å²) in [6.45, 7) is 0.934. The number of carbonyl (C=O) groups excluding carboxylic acids is 1. The molecular formula is C23H17ClF3N3O2. The largest absolute Gasteiger partial charge is 0.464 e. The molecule has 1 atom stereocenters. The van der Waals surface area contributed by atoms with Crippen LogP contribution in [0, 0.1) is 0 Å². The van der Waals surface area contributed by atoms with Crippen LogP contribution in [0.25, 0.3) is 17.0 Å². The van der Waals surface area contributed by atoms with Crippen LogP contribution < -0.4 is 0 Å². The number of furan rings is 1.